The van der Waals surface area contributed by atoms with Crippen molar-refractivity contribution in [1.29, 1.82) is 0 Å². The first-order valence-electron chi connectivity index (χ1n) is 11.7. The largest absolute Gasteiger partial charge is 0.371 e. The van der Waals surface area contributed by atoms with Crippen molar-refractivity contribution in [2.24, 2.45) is 5.92 Å². The van der Waals surface area contributed by atoms with Gasteiger partial charge in [0.1, 0.15) is 12.4 Å². The molecule has 0 saturated carbocycles. The lowest BCUT2D eigenvalue weighted by Gasteiger charge is -2.36. The van der Waals surface area contributed by atoms with Crippen LogP contribution >= 0.6 is 0 Å². The van der Waals surface area contributed by atoms with Crippen LogP contribution < -0.4 is 9.80 Å². The number of rotatable bonds is 4. The van der Waals surface area contributed by atoms with Gasteiger partial charge in [-0.1, -0.05) is 18.2 Å². The summed E-state index contributed by atoms with van der Waals surface area (Å²) in [5.41, 5.74) is 3.37. The van der Waals surface area contributed by atoms with Crippen LogP contribution in [0.15, 0.2) is 73.1 Å². The van der Waals surface area contributed by atoms with E-state index in [1.807, 2.05) is 53.7 Å². The van der Waals surface area contributed by atoms with E-state index in [0.29, 0.717) is 24.6 Å². The van der Waals surface area contributed by atoms with Gasteiger partial charge < -0.3 is 14.7 Å². The zero-order chi connectivity index (χ0) is 23.5. The summed E-state index contributed by atoms with van der Waals surface area (Å²) in [4.78, 5) is 36.4. The zero-order valence-electron chi connectivity index (χ0n) is 18.9. The van der Waals surface area contributed by atoms with Gasteiger partial charge in [-0.05, 0) is 66.8 Å². The number of fused-ring (bicyclic) bond motifs is 1. The molecule has 6 nitrogen and oxygen atoms in total. The van der Waals surface area contributed by atoms with Gasteiger partial charge in [0.15, 0.2) is 0 Å². The van der Waals surface area contributed by atoms with Crippen LogP contribution in [0.25, 0.3) is 0 Å². The molecule has 0 bridgehead atoms. The maximum atomic E-state index is 13.4. The van der Waals surface area contributed by atoms with Crippen molar-refractivity contribution in [3.63, 3.8) is 0 Å². The van der Waals surface area contributed by atoms with Gasteiger partial charge in [-0.15, -0.1) is 0 Å². The number of anilines is 2. The Morgan fingerprint density at radius 1 is 0.941 bits per heavy atom. The molecule has 0 atom stereocenters. The van der Waals surface area contributed by atoms with Crippen LogP contribution in [0.4, 0.5) is 15.8 Å². The third-order valence-corrected chi connectivity index (χ3v) is 6.73. The normalized spacial score (nSPS) is 16.9. The Balaban J connectivity index is 1.31. The quantitative estimate of drug-likeness (QED) is 0.590. The number of carbonyl (C=O) groups excluding carboxylic acids is 2. The van der Waals surface area contributed by atoms with E-state index < -0.39 is 5.82 Å². The molecule has 3 heterocycles. The summed E-state index contributed by atoms with van der Waals surface area (Å²) < 4.78 is 13.3. The number of hydrogen-bond donors (Lipinski definition) is 0. The first-order chi connectivity index (χ1) is 16.6. The molecule has 1 fully saturated rings. The van der Waals surface area contributed by atoms with Crippen LogP contribution in [0, 0.1) is 11.7 Å². The molecule has 7 heteroatoms. The van der Waals surface area contributed by atoms with E-state index >= 15 is 0 Å². The number of aromatic nitrogens is 1. The Morgan fingerprint density at radius 2 is 1.65 bits per heavy atom. The van der Waals surface area contributed by atoms with Crippen LogP contribution in [-0.4, -0.2) is 47.9 Å². The van der Waals surface area contributed by atoms with Crippen LogP contribution in [0.5, 0.6) is 0 Å². The Morgan fingerprint density at radius 3 is 2.38 bits per heavy atom. The molecule has 2 aliphatic rings. The van der Waals surface area contributed by atoms with E-state index in [9.17, 15) is 14.0 Å². The lowest BCUT2D eigenvalue weighted by atomic mass is 9.95. The van der Waals surface area contributed by atoms with E-state index in [-0.39, 0.29) is 18.4 Å². The van der Waals surface area contributed by atoms with Crippen LogP contribution in [0.3, 0.4) is 0 Å². The fourth-order valence-corrected chi connectivity index (χ4v) is 4.86. The lowest BCUT2D eigenvalue weighted by molar-refractivity contribution is -0.119. The van der Waals surface area contributed by atoms with E-state index in [2.05, 4.69) is 9.88 Å². The summed E-state index contributed by atoms with van der Waals surface area (Å²) >= 11 is 0. The number of nitrogens with zero attached hydrogens (tertiary/aromatic N) is 4. The van der Waals surface area contributed by atoms with Crippen molar-refractivity contribution in [1.82, 2.24) is 9.88 Å². The Labute approximate surface area is 198 Å². The molecule has 0 aliphatic carbocycles. The number of para-hydroxylation sites is 1. The second-order valence-corrected chi connectivity index (χ2v) is 8.94. The first kappa shape index (κ1) is 22.1. The fourth-order valence-electron chi connectivity index (χ4n) is 4.86. The second kappa shape index (κ2) is 9.63. The molecule has 5 rings (SSSR count). The summed E-state index contributed by atoms with van der Waals surface area (Å²) in [6, 6.07) is 17.3. The number of halogens is 1. The number of piperidine rings is 1. The molecule has 2 amide bonds. The lowest BCUT2D eigenvalue weighted by Crippen LogP contribution is -2.44. The number of amides is 2. The topological polar surface area (TPSA) is 56.8 Å². The van der Waals surface area contributed by atoms with E-state index in [4.69, 9.17) is 0 Å². The highest BCUT2D eigenvalue weighted by Crippen LogP contribution is 2.30. The SMILES string of the molecule is O=C(c1ccc(F)cc1)N1CC(=O)N(CC2CCN(c3ccncc3)CC2)c2ccccc2C1. The Bertz CT molecular complexity index is 1160. The van der Waals surface area contributed by atoms with Gasteiger partial charge >= 0.3 is 0 Å². The molecule has 0 unspecified atom stereocenters. The molecule has 2 aliphatic heterocycles. The molecule has 3 aromatic rings. The summed E-state index contributed by atoms with van der Waals surface area (Å²) in [6.07, 6.45) is 5.61. The first-order valence-corrected chi connectivity index (χ1v) is 11.7. The second-order valence-electron chi connectivity index (χ2n) is 8.94. The highest BCUT2D eigenvalue weighted by Gasteiger charge is 2.31. The van der Waals surface area contributed by atoms with Crippen LogP contribution in [0.1, 0.15) is 28.8 Å². The van der Waals surface area contributed by atoms with Crippen molar-refractivity contribution in [2.45, 2.75) is 19.4 Å². The molecule has 0 radical (unpaired) electrons. The van der Waals surface area contributed by atoms with Gasteiger partial charge in [-0.25, -0.2) is 4.39 Å². The average molecular weight is 459 g/mol. The smallest absolute Gasteiger partial charge is 0.254 e. The van der Waals surface area contributed by atoms with Crippen molar-refractivity contribution in [2.75, 3.05) is 36.0 Å². The predicted octanol–water partition coefficient (Wildman–Crippen LogP) is 4.13. The van der Waals surface area contributed by atoms with Crippen molar-refractivity contribution in [3.8, 4) is 0 Å². The third kappa shape index (κ3) is 4.64. The minimum Gasteiger partial charge on any atom is -0.371 e. The molecular weight excluding hydrogens is 431 g/mol. The highest BCUT2D eigenvalue weighted by atomic mass is 19.1. The number of benzene rings is 2. The number of hydrogen-bond acceptors (Lipinski definition) is 4. The predicted molar refractivity (Wildman–Crippen MR) is 129 cm³/mol. The highest BCUT2D eigenvalue weighted by molar-refractivity contribution is 6.01. The molecule has 34 heavy (non-hydrogen) atoms. The molecule has 2 aromatic carbocycles. The summed E-state index contributed by atoms with van der Waals surface area (Å²) in [7, 11) is 0. The summed E-state index contributed by atoms with van der Waals surface area (Å²) in [5, 5.41) is 0. The van der Waals surface area contributed by atoms with E-state index in [0.717, 1.165) is 37.2 Å². The van der Waals surface area contributed by atoms with Crippen molar-refractivity contribution < 1.29 is 14.0 Å². The molecular formula is C27H27FN4O2. The van der Waals surface area contributed by atoms with E-state index in [1.165, 1.54) is 30.0 Å². The summed E-state index contributed by atoms with van der Waals surface area (Å²) in [5.74, 6) is -0.364. The van der Waals surface area contributed by atoms with Gasteiger partial charge in [0.2, 0.25) is 5.91 Å². The van der Waals surface area contributed by atoms with Crippen molar-refractivity contribution >= 4 is 23.2 Å². The van der Waals surface area contributed by atoms with E-state index in [1.54, 1.807) is 4.90 Å². The number of pyridine rings is 1. The maximum absolute atomic E-state index is 13.4. The fraction of sp³-hybridized carbons (Fsp3) is 0.296. The minimum absolute atomic E-state index is 0.000744. The average Bonchev–Trinajstić information content (AvgIpc) is 3.01. The van der Waals surface area contributed by atoms with Gasteiger partial charge in [0.25, 0.3) is 5.91 Å². The summed E-state index contributed by atoms with van der Waals surface area (Å²) in [6.45, 7) is 2.86. The molecule has 1 saturated heterocycles. The van der Waals surface area contributed by atoms with Crippen LogP contribution in [-0.2, 0) is 11.3 Å². The molecule has 0 spiro atoms. The van der Waals surface area contributed by atoms with Crippen molar-refractivity contribution in [3.05, 3.63) is 90.0 Å². The van der Waals surface area contributed by atoms with Gasteiger partial charge in [0.05, 0.1) is 0 Å². The number of carbonyl (C=O) groups is 2. The van der Waals surface area contributed by atoms with Gasteiger partial charge in [0, 0.05) is 55.5 Å². The molecule has 1 aromatic heterocycles. The minimum atomic E-state index is -0.394. The van der Waals surface area contributed by atoms with Crippen LogP contribution in [0.2, 0.25) is 0 Å². The monoisotopic (exact) mass is 458 g/mol. The van der Waals surface area contributed by atoms with Gasteiger partial charge in [-0.3, -0.25) is 14.6 Å². The van der Waals surface area contributed by atoms with Gasteiger partial charge in [-0.2, -0.15) is 0 Å². The Kier molecular flexibility index (Phi) is 6.25. The maximum Gasteiger partial charge on any atom is 0.254 e. The zero-order valence-corrected chi connectivity index (χ0v) is 18.9. The standard InChI is InChI=1S/C27H27FN4O2/c28-23-7-5-21(6-8-23)27(34)31-18-22-3-1-2-4-25(22)32(26(33)19-31)17-20-11-15-30(16-12-20)24-9-13-29-14-10-24/h1-10,13-14,20H,11-12,15-19H2. The molecule has 174 valence electrons. The molecule has 0 N–H and O–H groups in total. The Hall–Kier alpha value is -3.74. The third-order valence-electron chi connectivity index (χ3n) is 6.73.